The van der Waals surface area contributed by atoms with Gasteiger partial charge in [0.15, 0.2) is 5.69 Å². The van der Waals surface area contributed by atoms with Gasteiger partial charge in [0.1, 0.15) is 11.9 Å². The van der Waals surface area contributed by atoms with E-state index in [0.29, 0.717) is 24.5 Å². The van der Waals surface area contributed by atoms with E-state index in [-0.39, 0.29) is 28.9 Å². The number of amides is 1. The Morgan fingerprint density at radius 1 is 1.33 bits per heavy atom. The second-order valence-electron chi connectivity index (χ2n) is 8.68. The Labute approximate surface area is 173 Å². The Hall–Kier alpha value is -3.34. The summed E-state index contributed by atoms with van der Waals surface area (Å²) in [6.45, 7) is 2.30. The van der Waals surface area contributed by atoms with E-state index in [1.165, 1.54) is 23.5 Å². The Balaban J connectivity index is 1.22. The van der Waals surface area contributed by atoms with Crippen molar-refractivity contribution >= 4 is 12.1 Å². The Morgan fingerprint density at radius 2 is 2.13 bits per heavy atom. The predicted octanol–water partition coefficient (Wildman–Crippen LogP) is 3.30. The first-order valence-corrected chi connectivity index (χ1v) is 9.91. The summed E-state index contributed by atoms with van der Waals surface area (Å²) < 4.78 is 20.2. The molecule has 8 heteroatoms. The molecule has 1 aromatic carbocycles. The molecule has 30 heavy (non-hydrogen) atoms. The molecule has 4 aliphatic rings. The van der Waals surface area contributed by atoms with Crippen LogP contribution < -0.4 is 4.74 Å². The van der Waals surface area contributed by atoms with Crippen molar-refractivity contribution in [2.75, 3.05) is 6.61 Å². The molecular formula is C22H20FN5O2. The van der Waals surface area contributed by atoms with E-state index in [9.17, 15) is 9.18 Å². The molecule has 1 unspecified atom stereocenters. The van der Waals surface area contributed by atoms with Crippen LogP contribution in [0.3, 0.4) is 0 Å². The molecule has 2 heterocycles. The lowest BCUT2D eigenvalue weighted by molar-refractivity contribution is -0.227. The zero-order valence-corrected chi connectivity index (χ0v) is 16.5. The second-order valence-corrected chi connectivity index (χ2v) is 8.68. The number of nitrogens with zero attached hydrogens (tertiary/aromatic N) is 5. The molecule has 3 fully saturated rings. The highest BCUT2D eigenvalue weighted by Gasteiger charge is 2.73. The highest BCUT2D eigenvalue weighted by atomic mass is 19.1. The summed E-state index contributed by atoms with van der Waals surface area (Å²) in [6, 6.07) is 6.64. The van der Waals surface area contributed by atoms with Gasteiger partial charge in [-0.1, -0.05) is 12.1 Å². The van der Waals surface area contributed by atoms with E-state index < -0.39 is 5.41 Å². The molecule has 2 bridgehead atoms. The molecule has 1 atom stereocenters. The number of hydrazone groups is 1. The first-order valence-electron chi connectivity index (χ1n) is 9.91. The van der Waals surface area contributed by atoms with Gasteiger partial charge in [0.2, 0.25) is 11.8 Å². The molecule has 0 radical (unpaired) electrons. The van der Waals surface area contributed by atoms with Crippen molar-refractivity contribution in [2.45, 2.75) is 38.6 Å². The van der Waals surface area contributed by atoms with Gasteiger partial charge in [0.25, 0.3) is 0 Å². The maximum absolute atomic E-state index is 14.5. The summed E-state index contributed by atoms with van der Waals surface area (Å²) in [5, 5.41) is 14.5. The van der Waals surface area contributed by atoms with Crippen molar-refractivity contribution in [1.29, 1.82) is 5.26 Å². The number of hydrogen-bond acceptors (Lipinski definition) is 6. The fraction of sp³-hybridized carbons (Fsp3) is 0.409. The van der Waals surface area contributed by atoms with Gasteiger partial charge >= 0.3 is 0 Å². The predicted molar refractivity (Wildman–Crippen MR) is 105 cm³/mol. The van der Waals surface area contributed by atoms with E-state index in [1.807, 2.05) is 19.1 Å². The van der Waals surface area contributed by atoms with Crippen LogP contribution in [0.4, 0.5) is 4.39 Å². The largest absolute Gasteiger partial charge is 0.476 e. The quantitative estimate of drug-likeness (QED) is 0.761. The van der Waals surface area contributed by atoms with Gasteiger partial charge in [0, 0.05) is 23.6 Å². The van der Waals surface area contributed by atoms with Gasteiger partial charge in [-0.05, 0) is 37.8 Å². The van der Waals surface area contributed by atoms with Crippen LogP contribution in [0.2, 0.25) is 0 Å². The van der Waals surface area contributed by atoms with Crippen LogP contribution in [0.1, 0.15) is 48.5 Å². The number of carbonyl (C=O) groups excluding carboxylic acids is 1. The van der Waals surface area contributed by atoms with Crippen LogP contribution in [0.25, 0.3) is 0 Å². The third-order valence-corrected chi connectivity index (χ3v) is 6.42. The number of aromatic nitrogens is 2. The van der Waals surface area contributed by atoms with Gasteiger partial charge in [-0.25, -0.2) is 19.4 Å². The van der Waals surface area contributed by atoms with E-state index in [4.69, 9.17) is 10.00 Å². The van der Waals surface area contributed by atoms with Crippen molar-refractivity contribution in [3.8, 4) is 11.9 Å². The number of hydrogen-bond donors (Lipinski definition) is 0. The first-order chi connectivity index (χ1) is 14.4. The highest BCUT2D eigenvalue weighted by molar-refractivity contribution is 5.88. The number of aryl methyl sites for hydroxylation is 1. The third kappa shape index (κ3) is 2.84. The number of benzene rings is 1. The number of carbonyl (C=O) groups is 1. The van der Waals surface area contributed by atoms with Crippen LogP contribution in [-0.4, -0.2) is 33.7 Å². The van der Waals surface area contributed by atoms with Gasteiger partial charge in [-0.3, -0.25) is 4.79 Å². The smallest absolute Gasteiger partial charge is 0.249 e. The number of rotatable bonds is 5. The number of halogens is 1. The summed E-state index contributed by atoms with van der Waals surface area (Å²) in [6.07, 6.45) is 7.22. The van der Waals surface area contributed by atoms with Crippen molar-refractivity contribution in [3.05, 3.63) is 53.2 Å². The molecular weight excluding hydrogens is 385 g/mol. The number of nitriles is 1. The SMILES string of the molecule is Cc1ccc(C2CC=NN2C(=O)C23CC(COc4cnc(C#N)cn4)(C2)C3)c(F)c1. The average molecular weight is 405 g/mol. The van der Waals surface area contributed by atoms with Crippen LogP contribution in [0, 0.1) is 34.9 Å². The lowest BCUT2D eigenvalue weighted by Gasteiger charge is -2.69. The van der Waals surface area contributed by atoms with E-state index in [2.05, 4.69) is 15.1 Å². The molecule has 2 aromatic rings. The first kappa shape index (κ1) is 18.7. The van der Waals surface area contributed by atoms with Crippen LogP contribution >= 0.6 is 0 Å². The number of ether oxygens (including phenoxy) is 1. The zero-order valence-electron chi connectivity index (χ0n) is 16.5. The minimum absolute atomic E-state index is 0.0266. The summed E-state index contributed by atoms with van der Waals surface area (Å²) in [7, 11) is 0. The molecule has 1 amide bonds. The van der Waals surface area contributed by atoms with Crippen molar-refractivity contribution in [1.82, 2.24) is 15.0 Å². The van der Waals surface area contributed by atoms with Gasteiger partial charge in [0.05, 0.1) is 30.5 Å². The highest BCUT2D eigenvalue weighted by Crippen LogP contribution is 2.74. The maximum atomic E-state index is 14.5. The summed E-state index contributed by atoms with van der Waals surface area (Å²) >= 11 is 0. The lowest BCUT2D eigenvalue weighted by Crippen LogP contribution is -2.69. The fourth-order valence-electron chi connectivity index (χ4n) is 5.07. The van der Waals surface area contributed by atoms with Crippen LogP contribution in [0.5, 0.6) is 5.88 Å². The summed E-state index contributed by atoms with van der Waals surface area (Å²) in [5.41, 5.74) is 1.15. The molecule has 3 saturated carbocycles. The van der Waals surface area contributed by atoms with E-state index >= 15 is 0 Å². The molecule has 1 aliphatic heterocycles. The van der Waals surface area contributed by atoms with Crippen LogP contribution in [0.15, 0.2) is 35.7 Å². The molecule has 0 spiro atoms. The minimum Gasteiger partial charge on any atom is -0.476 e. The lowest BCUT2D eigenvalue weighted by atomic mass is 9.35. The maximum Gasteiger partial charge on any atom is 0.249 e. The van der Waals surface area contributed by atoms with Crippen molar-refractivity contribution in [2.24, 2.45) is 15.9 Å². The normalized spacial score (nSPS) is 28.4. The van der Waals surface area contributed by atoms with E-state index in [0.717, 1.165) is 24.8 Å². The molecule has 7 nitrogen and oxygen atoms in total. The standard InChI is InChI=1S/C22H20FN5O2/c1-14-2-3-16(17(23)6-14)18-4-5-27-28(18)20(29)22-10-21(11-22,12-22)13-30-19-9-25-15(7-24)8-26-19/h2-3,5-6,8-9,18H,4,10-13H2,1H3. The average Bonchev–Trinajstić information content (AvgIpc) is 3.15. The molecule has 3 aliphatic carbocycles. The summed E-state index contributed by atoms with van der Waals surface area (Å²) in [4.78, 5) is 21.2. The second kappa shape index (κ2) is 6.59. The van der Waals surface area contributed by atoms with Crippen LogP contribution in [-0.2, 0) is 4.79 Å². The molecule has 1 aromatic heterocycles. The molecule has 6 rings (SSSR count). The van der Waals surface area contributed by atoms with Crippen molar-refractivity contribution in [3.63, 3.8) is 0 Å². The van der Waals surface area contributed by atoms with Gasteiger partial charge in [-0.15, -0.1) is 0 Å². The Bertz CT molecular complexity index is 1070. The fourth-order valence-corrected chi connectivity index (χ4v) is 5.07. The van der Waals surface area contributed by atoms with Gasteiger partial charge in [-0.2, -0.15) is 10.4 Å². The molecule has 0 saturated heterocycles. The Morgan fingerprint density at radius 3 is 2.80 bits per heavy atom. The molecule has 0 N–H and O–H groups in total. The topological polar surface area (TPSA) is 91.5 Å². The Kier molecular flexibility index (Phi) is 4.10. The zero-order chi connectivity index (χ0) is 20.9. The monoisotopic (exact) mass is 405 g/mol. The van der Waals surface area contributed by atoms with E-state index in [1.54, 1.807) is 12.3 Å². The third-order valence-electron chi connectivity index (χ3n) is 6.42. The van der Waals surface area contributed by atoms with Gasteiger partial charge < -0.3 is 4.74 Å². The minimum atomic E-state index is -0.416. The van der Waals surface area contributed by atoms with Crippen molar-refractivity contribution < 1.29 is 13.9 Å². The molecule has 152 valence electrons. The summed E-state index contributed by atoms with van der Waals surface area (Å²) in [5.74, 6) is 0.0497.